The minimum atomic E-state index is 0.648. The second kappa shape index (κ2) is 4.03. The van der Waals surface area contributed by atoms with E-state index in [1.54, 1.807) is 0 Å². The van der Waals surface area contributed by atoms with Crippen LogP contribution in [0.5, 0.6) is 0 Å². The molecule has 14 heavy (non-hydrogen) atoms. The number of anilines is 1. The van der Waals surface area contributed by atoms with Crippen LogP contribution in [0, 0.1) is 5.92 Å². The predicted octanol–water partition coefficient (Wildman–Crippen LogP) is 2.41. The normalized spacial score (nSPS) is 26.7. The summed E-state index contributed by atoms with van der Waals surface area (Å²) in [7, 11) is 1.95. The van der Waals surface area contributed by atoms with Crippen LogP contribution in [0.3, 0.4) is 0 Å². The van der Waals surface area contributed by atoms with E-state index < -0.39 is 0 Å². The Morgan fingerprint density at radius 2 is 2.43 bits per heavy atom. The topological polar surface area (TPSA) is 29.9 Å². The van der Waals surface area contributed by atoms with E-state index in [4.69, 9.17) is 0 Å². The second-order valence-corrected chi connectivity index (χ2v) is 4.30. The van der Waals surface area contributed by atoms with Gasteiger partial charge in [0.2, 0.25) is 0 Å². The molecule has 2 rings (SSSR count). The number of hydrogen-bond donors (Lipinski definition) is 1. The van der Waals surface area contributed by atoms with Crippen molar-refractivity contribution in [1.82, 2.24) is 9.78 Å². The van der Waals surface area contributed by atoms with Crippen molar-refractivity contribution < 1.29 is 0 Å². The average Bonchev–Trinajstić information content (AvgIpc) is 2.76. The van der Waals surface area contributed by atoms with Gasteiger partial charge in [0.1, 0.15) is 5.82 Å². The summed E-state index contributed by atoms with van der Waals surface area (Å²) in [6.07, 6.45) is 7.29. The van der Waals surface area contributed by atoms with Gasteiger partial charge in [0, 0.05) is 25.4 Å². The largest absolute Gasteiger partial charge is 0.366 e. The molecule has 3 heteroatoms. The summed E-state index contributed by atoms with van der Waals surface area (Å²) in [6, 6.07) is 2.69. The predicted molar refractivity (Wildman–Crippen MR) is 58.3 cm³/mol. The van der Waals surface area contributed by atoms with Crippen LogP contribution in [-0.4, -0.2) is 15.8 Å². The van der Waals surface area contributed by atoms with Gasteiger partial charge in [-0.2, -0.15) is 5.10 Å². The number of nitrogens with zero attached hydrogens (tertiary/aromatic N) is 2. The lowest BCUT2D eigenvalue weighted by atomic mass is 10.1. The highest BCUT2D eigenvalue weighted by Gasteiger charge is 2.23. The lowest BCUT2D eigenvalue weighted by Gasteiger charge is -2.11. The molecule has 0 radical (unpaired) electrons. The minimum absolute atomic E-state index is 0.648. The number of rotatable bonds is 3. The zero-order valence-corrected chi connectivity index (χ0v) is 9.03. The van der Waals surface area contributed by atoms with Gasteiger partial charge in [0.15, 0.2) is 0 Å². The Morgan fingerprint density at radius 3 is 3.00 bits per heavy atom. The summed E-state index contributed by atoms with van der Waals surface area (Å²) in [4.78, 5) is 0. The van der Waals surface area contributed by atoms with E-state index in [-0.39, 0.29) is 0 Å². The number of aryl methyl sites for hydroxylation is 1. The summed E-state index contributed by atoms with van der Waals surface area (Å²) < 4.78 is 1.84. The fourth-order valence-electron chi connectivity index (χ4n) is 2.28. The van der Waals surface area contributed by atoms with Crippen LogP contribution < -0.4 is 5.32 Å². The van der Waals surface area contributed by atoms with Gasteiger partial charge in [-0.3, -0.25) is 4.68 Å². The SMILES string of the molecule is CCC1CCC(Nc2ccn(C)n2)C1. The highest BCUT2D eigenvalue weighted by molar-refractivity contribution is 5.33. The van der Waals surface area contributed by atoms with Crippen molar-refractivity contribution in [3.8, 4) is 0 Å². The van der Waals surface area contributed by atoms with E-state index in [2.05, 4.69) is 17.3 Å². The van der Waals surface area contributed by atoms with Crippen LogP contribution in [-0.2, 0) is 7.05 Å². The smallest absolute Gasteiger partial charge is 0.148 e. The molecule has 2 unspecified atom stereocenters. The first-order chi connectivity index (χ1) is 6.78. The van der Waals surface area contributed by atoms with Crippen LogP contribution in [0.1, 0.15) is 32.6 Å². The quantitative estimate of drug-likeness (QED) is 0.799. The van der Waals surface area contributed by atoms with Crippen LogP contribution in [0.25, 0.3) is 0 Å². The number of hydrogen-bond acceptors (Lipinski definition) is 2. The van der Waals surface area contributed by atoms with Crippen molar-refractivity contribution in [3.05, 3.63) is 12.3 Å². The molecule has 0 saturated heterocycles. The first-order valence-electron chi connectivity index (χ1n) is 5.54. The second-order valence-electron chi connectivity index (χ2n) is 4.30. The molecule has 1 aromatic heterocycles. The average molecular weight is 193 g/mol. The Morgan fingerprint density at radius 1 is 1.57 bits per heavy atom. The number of aromatic nitrogens is 2. The highest BCUT2D eigenvalue weighted by atomic mass is 15.3. The van der Waals surface area contributed by atoms with Gasteiger partial charge in [0.05, 0.1) is 0 Å². The Kier molecular flexibility index (Phi) is 2.75. The molecule has 3 nitrogen and oxygen atoms in total. The van der Waals surface area contributed by atoms with Crippen LogP contribution in [0.15, 0.2) is 12.3 Å². The van der Waals surface area contributed by atoms with Gasteiger partial charge in [-0.1, -0.05) is 13.3 Å². The van der Waals surface area contributed by atoms with E-state index in [1.165, 1.54) is 25.7 Å². The van der Waals surface area contributed by atoms with E-state index in [1.807, 2.05) is 24.0 Å². The van der Waals surface area contributed by atoms with E-state index in [0.29, 0.717) is 6.04 Å². The third-order valence-electron chi connectivity index (χ3n) is 3.18. The van der Waals surface area contributed by atoms with Crippen molar-refractivity contribution in [1.29, 1.82) is 0 Å². The van der Waals surface area contributed by atoms with Gasteiger partial charge in [-0.05, 0) is 25.2 Å². The molecule has 0 aromatic carbocycles. The van der Waals surface area contributed by atoms with E-state index in [9.17, 15) is 0 Å². The third-order valence-corrected chi connectivity index (χ3v) is 3.18. The Bertz CT molecular complexity index is 292. The van der Waals surface area contributed by atoms with Crippen LogP contribution >= 0.6 is 0 Å². The molecule has 1 aliphatic rings. The lowest BCUT2D eigenvalue weighted by molar-refractivity contribution is 0.524. The third kappa shape index (κ3) is 2.08. The molecule has 0 amide bonds. The summed E-state index contributed by atoms with van der Waals surface area (Å²) in [6.45, 7) is 2.29. The van der Waals surface area contributed by atoms with Crippen molar-refractivity contribution >= 4 is 5.82 Å². The molecule has 1 aromatic rings. The van der Waals surface area contributed by atoms with Gasteiger partial charge in [0.25, 0.3) is 0 Å². The maximum absolute atomic E-state index is 4.33. The Hall–Kier alpha value is -0.990. The molecule has 0 bridgehead atoms. The Labute approximate surface area is 85.5 Å². The van der Waals surface area contributed by atoms with Gasteiger partial charge >= 0.3 is 0 Å². The zero-order chi connectivity index (χ0) is 9.97. The highest BCUT2D eigenvalue weighted by Crippen LogP contribution is 2.29. The summed E-state index contributed by atoms with van der Waals surface area (Å²) in [5.74, 6) is 1.95. The number of nitrogens with one attached hydrogen (secondary N) is 1. The maximum atomic E-state index is 4.33. The first-order valence-corrected chi connectivity index (χ1v) is 5.54. The maximum Gasteiger partial charge on any atom is 0.148 e. The molecule has 1 fully saturated rings. The molecule has 1 aliphatic carbocycles. The first kappa shape index (κ1) is 9.56. The van der Waals surface area contributed by atoms with E-state index >= 15 is 0 Å². The lowest BCUT2D eigenvalue weighted by Crippen LogP contribution is -2.15. The standard InChI is InChI=1S/C11H19N3/c1-3-9-4-5-10(8-9)12-11-6-7-14(2)13-11/h6-7,9-10H,3-5,8H2,1-2H3,(H,12,13). The molecular formula is C11H19N3. The molecule has 0 spiro atoms. The molecule has 78 valence electrons. The monoisotopic (exact) mass is 193 g/mol. The van der Waals surface area contributed by atoms with Crippen molar-refractivity contribution in [3.63, 3.8) is 0 Å². The van der Waals surface area contributed by atoms with Gasteiger partial charge < -0.3 is 5.32 Å². The molecule has 2 atom stereocenters. The van der Waals surface area contributed by atoms with Crippen molar-refractivity contribution in [2.75, 3.05) is 5.32 Å². The fraction of sp³-hybridized carbons (Fsp3) is 0.727. The van der Waals surface area contributed by atoms with Crippen LogP contribution in [0.4, 0.5) is 5.82 Å². The summed E-state index contributed by atoms with van der Waals surface area (Å²) in [5.41, 5.74) is 0. The molecule has 1 saturated carbocycles. The summed E-state index contributed by atoms with van der Waals surface area (Å²) in [5, 5.41) is 7.82. The zero-order valence-electron chi connectivity index (χ0n) is 9.03. The molecule has 1 heterocycles. The van der Waals surface area contributed by atoms with Gasteiger partial charge in [-0.25, -0.2) is 0 Å². The minimum Gasteiger partial charge on any atom is -0.366 e. The van der Waals surface area contributed by atoms with Crippen molar-refractivity contribution in [2.24, 2.45) is 13.0 Å². The van der Waals surface area contributed by atoms with Crippen molar-refractivity contribution in [2.45, 2.75) is 38.6 Å². The Balaban J connectivity index is 1.87. The molecular weight excluding hydrogens is 174 g/mol. The van der Waals surface area contributed by atoms with Gasteiger partial charge in [-0.15, -0.1) is 0 Å². The van der Waals surface area contributed by atoms with Crippen LogP contribution in [0.2, 0.25) is 0 Å². The fourth-order valence-corrected chi connectivity index (χ4v) is 2.28. The molecule has 1 N–H and O–H groups in total. The van der Waals surface area contributed by atoms with E-state index in [0.717, 1.165) is 11.7 Å². The summed E-state index contributed by atoms with van der Waals surface area (Å²) >= 11 is 0. The molecule has 0 aliphatic heterocycles.